The molecule has 0 spiro atoms. The molecule has 4 aromatic rings. The van der Waals surface area contributed by atoms with Crippen LogP contribution in [0.1, 0.15) is 36.7 Å². The highest BCUT2D eigenvalue weighted by atomic mass is 31.2. The molecule has 2 atom stereocenters. The summed E-state index contributed by atoms with van der Waals surface area (Å²) in [6.45, 7) is 4.12. The summed E-state index contributed by atoms with van der Waals surface area (Å²) in [5, 5.41) is 4.26. The molecule has 2 aliphatic rings. The van der Waals surface area contributed by atoms with Crippen LogP contribution in [0.15, 0.2) is 97.1 Å². The van der Waals surface area contributed by atoms with E-state index in [2.05, 4.69) is 10.3 Å². The average Bonchev–Trinajstić information content (AvgIpc) is 3.71. The van der Waals surface area contributed by atoms with Gasteiger partial charge in [-0.05, 0) is 37.1 Å². The van der Waals surface area contributed by atoms with E-state index in [4.69, 9.17) is 28.3 Å². The molecule has 0 radical (unpaired) electrons. The molecule has 3 heterocycles. The fourth-order valence-corrected chi connectivity index (χ4v) is 7.99. The maximum absolute atomic E-state index is 14.8. The molecule has 15 nitrogen and oxygen atoms in total. The Bertz CT molecular complexity index is 1910. The van der Waals surface area contributed by atoms with E-state index in [1.807, 2.05) is 42.2 Å². The number of rotatable bonds is 16. The lowest BCUT2D eigenvalue weighted by Gasteiger charge is -2.35. The number of aromatic nitrogens is 2. The molecule has 0 unspecified atom stereocenters. The van der Waals surface area contributed by atoms with Gasteiger partial charge in [-0.1, -0.05) is 80.1 Å². The molecule has 1 aromatic heterocycles. The van der Waals surface area contributed by atoms with E-state index in [1.54, 1.807) is 73.8 Å². The molecule has 1 N–H and O–H groups in total. The maximum atomic E-state index is 14.8. The standard InChI is InChI=1S/C40H47N6O9P/c1-3-4-26-52-40(49)53-46-24-22-44(23-25-46)39(48)35(29-56(50,54-31-16-10-6-11-17-31)55-32-18-12-7-13-19-32)42-38(47)34-27-36(45-21-20-33(28-45)51-2)43-37(41-34)30-14-8-5-9-15-30/h5-19,27,33,35H,3-4,20-26,28-29H2,1-2H3,(H,42,47)/t33-,35-/m0/s1. The largest absolute Gasteiger partial charge is 0.527 e. The van der Waals surface area contributed by atoms with Crippen molar-refractivity contribution in [3.05, 3.63) is 103 Å². The summed E-state index contributed by atoms with van der Waals surface area (Å²) in [5.41, 5.74) is 0.708. The van der Waals surface area contributed by atoms with Crippen LogP contribution in [0.25, 0.3) is 11.4 Å². The minimum Gasteiger partial charge on any atom is -0.433 e. The van der Waals surface area contributed by atoms with Crippen molar-refractivity contribution >= 4 is 31.4 Å². The Balaban J connectivity index is 1.29. The van der Waals surface area contributed by atoms with Gasteiger partial charge in [-0.15, -0.1) is 5.06 Å². The maximum Gasteiger partial charge on any atom is 0.527 e. The summed E-state index contributed by atoms with van der Waals surface area (Å²) in [4.78, 5) is 59.3. The Hall–Kier alpha value is -5.50. The van der Waals surface area contributed by atoms with Gasteiger partial charge in [0.15, 0.2) is 5.82 Å². The number of piperazine rings is 1. The first kappa shape index (κ1) is 40.2. The number of ether oxygens (including phenoxy) is 2. The zero-order valence-electron chi connectivity index (χ0n) is 31.5. The van der Waals surface area contributed by atoms with Crippen LogP contribution in [-0.2, 0) is 23.7 Å². The SMILES string of the molecule is CCCCOC(=O)ON1CCN(C(=O)[C@H](CP(=O)(Oc2ccccc2)Oc2ccccc2)NC(=O)c2cc(N3CC[C@H](OC)C3)nc(-c3ccccc3)n2)CC1. The monoisotopic (exact) mass is 786 g/mol. The highest BCUT2D eigenvalue weighted by Crippen LogP contribution is 2.49. The average molecular weight is 787 g/mol. The minimum absolute atomic E-state index is 0.00497. The number of anilines is 1. The zero-order valence-corrected chi connectivity index (χ0v) is 32.4. The third kappa shape index (κ3) is 11.1. The van der Waals surface area contributed by atoms with Gasteiger partial charge in [0.25, 0.3) is 5.91 Å². The second-order valence-corrected chi connectivity index (χ2v) is 15.3. The van der Waals surface area contributed by atoms with Crippen molar-refractivity contribution in [3.8, 4) is 22.9 Å². The molecule has 0 saturated carbocycles. The van der Waals surface area contributed by atoms with E-state index in [9.17, 15) is 18.9 Å². The van der Waals surface area contributed by atoms with Gasteiger partial charge < -0.3 is 38.5 Å². The number of hydrogen-bond acceptors (Lipinski definition) is 13. The number of benzene rings is 3. The van der Waals surface area contributed by atoms with Gasteiger partial charge in [0.1, 0.15) is 35.2 Å². The lowest BCUT2D eigenvalue weighted by atomic mass is 10.2. The third-order valence-electron chi connectivity index (χ3n) is 9.24. The van der Waals surface area contributed by atoms with E-state index in [0.717, 1.165) is 12.8 Å². The summed E-state index contributed by atoms with van der Waals surface area (Å²) in [6, 6.07) is 26.4. The molecule has 6 rings (SSSR count). The van der Waals surface area contributed by atoms with Gasteiger partial charge >= 0.3 is 13.8 Å². The number of nitrogens with one attached hydrogen (secondary N) is 1. The number of hydrogen-bond donors (Lipinski definition) is 1. The normalized spacial score (nSPS) is 16.5. The topological polar surface area (TPSA) is 162 Å². The molecular weight excluding hydrogens is 739 g/mol. The number of nitrogens with zero attached hydrogens (tertiary/aromatic N) is 5. The van der Waals surface area contributed by atoms with Crippen LogP contribution in [0.3, 0.4) is 0 Å². The van der Waals surface area contributed by atoms with Gasteiger partial charge in [-0.2, -0.15) is 0 Å². The summed E-state index contributed by atoms with van der Waals surface area (Å²) in [6.07, 6.45) is 1.04. The van der Waals surface area contributed by atoms with E-state index < -0.39 is 37.8 Å². The van der Waals surface area contributed by atoms with Crippen LogP contribution in [0.5, 0.6) is 11.5 Å². The number of carbonyl (C=O) groups excluding carboxylic acids is 3. The van der Waals surface area contributed by atoms with Crippen molar-refractivity contribution in [3.63, 3.8) is 0 Å². The quantitative estimate of drug-likeness (QED) is 0.0821. The van der Waals surface area contributed by atoms with Crippen LogP contribution in [0.2, 0.25) is 0 Å². The fourth-order valence-electron chi connectivity index (χ4n) is 6.23. The molecule has 16 heteroatoms. The van der Waals surface area contributed by atoms with Crippen molar-refractivity contribution in [1.29, 1.82) is 0 Å². The third-order valence-corrected chi connectivity index (χ3v) is 11.0. The Morgan fingerprint density at radius 3 is 2.07 bits per heavy atom. The summed E-state index contributed by atoms with van der Waals surface area (Å²) >= 11 is 0. The minimum atomic E-state index is -4.22. The van der Waals surface area contributed by atoms with Gasteiger partial charge in [0.2, 0.25) is 5.91 Å². The number of methoxy groups -OCH3 is 1. The molecule has 0 bridgehead atoms. The highest BCUT2D eigenvalue weighted by Gasteiger charge is 2.40. The fraction of sp³-hybridized carbons (Fsp3) is 0.375. The van der Waals surface area contributed by atoms with Crippen LogP contribution in [0, 0.1) is 0 Å². The predicted molar refractivity (Wildman–Crippen MR) is 208 cm³/mol. The smallest absolute Gasteiger partial charge is 0.433 e. The molecular formula is C40H47N6O9P. The second-order valence-electron chi connectivity index (χ2n) is 13.3. The van der Waals surface area contributed by atoms with Gasteiger partial charge in [0, 0.05) is 44.9 Å². The number of para-hydroxylation sites is 2. The molecule has 2 fully saturated rings. The summed E-state index contributed by atoms with van der Waals surface area (Å²) < 4.78 is 37.5. The Morgan fingerprint density at radius 1 is 0.857 bits per heavy atom. The lowest BCUT2D eigenvalue weighted by Crippen LogP contribution is -2.56. The first-order valence-corrected chi connectivity index (χ1v) is 20.4. The molecule has 2 saturated heterocycles. The van der Waals surface area contributed by atoms with Crippen molar-refractivity contribution in [2.75, 3.05) is 64.0 Å². The number of unbranched alkanes of at least 4 members (excludes halogenated alkanes) is 1. The second kappa shape index (κ2) is 19.4. The lowest BCUT2D eigenvalue weighted by molar-refractivity contribution is -0.157. The predicted octanol–water partition coefficient (Wildman–Crippen LogP) is 5.83. The van der Waals surface area contributed by atoms with Crippen LogP contribution in [-0.4, -0.2) is 109 Å². The van der Waals surface area contributed by atoms with Gasteiger partial charge in [-0.25, -0.2) is 19.3 Å². The van der Waals surface area contributed by atoms with Gasteiger partial charge in [0.05, 0.1) is 25.8 Å². The molecule has 56 heavy (non-hydrogen) atoms. The molecule has 3 aromatic carbocycles. The summed E-state index contributed by atoms with van der Waals surface area (Å²) in [5.74, 6) is 0.155. The van der Waals surface area contributed by atoms with E-state index >= 15 is 0 Å². The summed E-state index contributed by atoms with van der Waals surface area (Å²) in [7, 11) is -2.56. The number of carbonyl (C=O) groups is 3. The van der Waals surface area contributed by atoms with E-state index in [0.29, 0.717) is 36.7 Å². The van der Waals surface area contributed by atoms with Gasteiger partial charge in [-0.3, -0.25) is 9.59 Å². The first-order valence-electron chi connectivity index (χ1n) is 18.7. The first-order chi connectivity index (χ1) is 27.2. The highest BCUT2D eigenvalue weighted by molar-refractivity contribution is 7.54. The van der Waals surface area contributed by atoms with Crippen LogP contribution >= 0.6 is 7.60 Å². The molecule has 296 valence electrons. The molecule has 2 aliphatic heterocycles. The Kier molecular flexibility index (Phi) is 13.9. The van der Waals surface area contributed by atoms with Crippen molar-refractivity contribution in [2.45, 2.75) is 38.3 Å². The van der Waals surface area contributed by atoms with E-state index in [1.165, 1.54) is 9.96 Å². The van der Waals surface area contributed by atoms with Crippen molar-refractivity contribution < 1.29 is 42.3 Å². The van der Waals surface area contributed by atoms with Crippen LogP contribution < -0.4 is 19.3 Å². The van der Waals surface area contributed by atoms with Crippen molar-refractivity contribution in [1.82, 2.24) is 25.2 Å². The van der Waals surface area contributed by atoms with E-state index in [-0.39, 0.29) is 56.1 Å². The molecule has 2 amide bonds. The van der Waals surface area contributed by atoms with Crippen LogP contribution in [0.4, 0.5) is 10.6 Å². The Labute approximate surface area is 326 Å². The zero-order chi connectivity index (χ0) is 39.3. The number of amides is 2. The van der Waals surface area contributed by atoms with Crippen molar-refractivity contribution in [2.24, 2.45) is 0 Å². The Morgan fingerprint density at radius 2 is 1.48 bits per heavy atom. The molecule has 0 aliphatic carbocycles. The number of hydroxylamine groups is 2.